The van der Waals surface area contributed by atoms with Gasteiger partial charge in [-0.15, -0.1) is 0 Å². The number of thiophene rings is 1. The van der Waals surface area contributed by atoms with Crippen molar-refractivity contribution in [2.75, 3.05) is 38.6 Å². The molecule has 0 aliphatic carbocycles. The largest absolute Gasteiger partial charge is 0.495 e. The first-order chi connectivity index (χ1) is 12.2. The molecule has 0 radical (unpaired) electrons. The van der Waals surface area contributed by atoms with Gasteiger partial charge in [0, 0.05) is 32.7 Å². The summed E-state index contributed by atoms with van der Waals surface area (Å²) in [6, 6.07) is 9.52. The van der Waals surface area contributed by atoms with Crippen LogP contribution in [0.15, 0.2) is 41.1 Å². The van der Waals surface area contributed by atoms with Crippen molar-refractivity contribution in [3.63, 3.8) is 0 Å². The van der Waals surface area contributed by atoms with Crippen LogP contribution in [0.1, 0.15) is 12.5 Å². The molecule has 1 fully saturated rings. The summed E-state index contributed by atoms with van der Waals surface area (Å²) in [5.41, 5.74) is 2.10. The van der Waals surface area contributed by atoms with Crippen molar-refractivity contribution in [2.24, 2.45) is 0 Å². The van der Waals surface area contributed by atoms with Gasteiger partial charge in [0.05, 0.1) is 18.8 Å². The zero-order valence-corrected chi connectivity index (χ0v) is 15.6. The van der Waals surface area contributed by atoms with Gasteiger partial charge in [0.2, 0.25) is 5.91 Å². The standard InChI is InChI=1S/C19H25N3O2S/c1-15(19(23)20-17-5-3-4-6-18(17)24-2)22-10-8-21(9-11-22)13-16-7-12-25-14-16/h3-7,12,14-15H,8-11,13H2,1-2H3,(H,20,23)/t15-/m0/s1. The SMILES string of the molecule is COc1ccccc1NC(=O)[C@H](C)N1CCN(Cc2ccsc2)CC1. The number of hydrogen-bond donors (Lipinski definition) is 1. The topological polar surface area (TPSA) is 44.8 Å². The lowest BCUT2D eigenvalue weighted by Crippen LogP contribution is -2.52. The lowest BCUT2D eigenvalue weighted by molar-refractivity contribution is -0.121. The third-order valence-corrected chi connectivity index (χ3v) is 5.42. The Balaban J connectivity index is 1.51. The molecule has 1 aliphatic rings. The second kappa shape index (κ2) is 8.47. The first kappa shape index (κ1) is 17.9. The van der Waals surface area contributed by atoms with E-state index in [9.17, 15) is 4.79 Å². The van der Waals surface area contributed by atoms with Crippen molar-refractivity contribution in [1.82, 2.24) is 9.80 Å². The first-order valence-electron chi connectivity index (χ1n) is 8.58. The Morgan fingerprint density at radius 3 is 2.68 bits per heavy atom. The number of hydrogen-bond acceptors (Lipinski definition) is 5. The number of piperazine rings is 1. The molecule has 3 rings (SSSR count). The Bertz CT molecular complexity index is 682. The molecular formula is C19H25N3O2S. The average molecular weight is 359 g/mol. The van der Waals surface area contributed by atoms with E-state index in [0.29, 0.717) is 5.75 Å². The monoisotopic (exact) mass is 359 g/mol. The smallest absolute Gasteiger partial charge is 0.241 e. The van der Waals surface area contributed by atoms with E-state index in [1.165, 1.54) is 5.56 Å². The summed E-state index contributed by atoms with van der Waals surface area (Å²) in [5.74, 6) is 0.694. The molecule has 2 aromatic rings. The van der Waals surface area contributed by atoms with E-state index in [1.54, 1.807) is 18.4 Å². The molecule has 1 aromatic heterocycles. The van der Waals surface area contributed by atoms with E-state index in [4.69, 9.17) is 4.74 Å². The maximum absolute atomic E-state index is 12.6. The van der Waals surface area contributed by atoms with E-state index < -0.39 is 0 Å². The zero-order chi connectivity index (χ0) is 17.6. The van der Waals surface area contributed by atoms with Gasteiger partial charge in [-0.1, -0.05) is 12.1 Å². The van der Waals surface area contributed by atoms with Gasteiger partial charge in [-0.05, 0) is 41.4 Å². The normalized spacial score (nSPS) is 17.2. The number of nitrogens with zero attached hydrogens (tertiary/aromatic N) is 2. The van der Waals surface area contributed by atoms with Crippen LogP contribution in [0.2, 0.25) is 0 Å². The zero-order valence-electron chi connectivity index (χ0n) is 14.8. The highest BCUT2D eigenvalue weighted by Crippen LogP contribution is 2.23. The minimum absolute atomic E-state index is 0.00999. The molecular weight excluding hydrogens is 334 g/mol. The maximum atomic E-state index is 12.6. The lowest BCUT2D eigenvalue weighted by Gasteiger charge is -2.37. The van der Waals surface area contributed by atoms with Crippen molar-refractivity contribution in [3.8, 4) is 5.75 Å². The van der Waals surface area contributed by atoms with Gasteiger partial charge in [-0.25, -0.2) is 0 Å². The highest BCUT2D eigenvalue weighted by Gasteiger charge is 2.26. The molecule has 0 spiro atoms. The predicted octanol–water partition coefficient (Wildman–Crippen LogP) is 2.90. The van der Waals surface area contributed by atoms with E-state index in [2.05, 4.69) is 31.9 Å². The first-order valence-corrected chi connectivity index (χ1v) is 9.53. The molecule has 2 heterocycles. The lowest BCUT2D eigenvalue weighted by atomic mass is 10.2. The third kappa shape index (κ3) is 4.60. The number of anilines is 1. The average Bonchev–Trinajstić information content (AvgIpc) is 3.15. The van der Waals surface area contributed by atoms with Crippen LogP contribution in [0.25, 0.3) is 0 Å². The summed E-state index contributed by atoms with van der Waals surface area (Å²) in [7, 11) is 1.61. The fraction of sp³-hybridized carbons (Fsp3) is 0.421. The second-order valence-electron chi connectivity index (χ2n) is 6.31. The van der Waals surface area contributed by atoms with E-state index in [1.807, 2.05) is 31.2 Å². The molecule has 0 unspecified atom stereocenters. The highest BCUT2D eigenvalue weighted by molar-refractivity contribution is 7.07. The molecule has 1 aromatic carbocycles. The van der Waals surface area contributed by atoms with Crippen LogP contribution in [-0.2, 0) is 11.3 Å². The Labute approximate surface area is 153 Å². The molecule has 0 saturated carbocycles. The molecule has 0 bridgehead atoms. The van der Waals surface area contributed by atoms with E-state index >= 15 is 0 Å². The van der Waals surface area contributed by atoms with Crippen molar-refractivity contribution >= 4 is 22.9 Å². The van der Waals surface area contributed by atoms with Gasteiger partial charge in [-0.2, -0.15) is 11.3 Å². The van der Waals surface area contributed by atoms with Gasteiger partial charge in [0.1, 0.15) is 5.75 Å². The number of ether oxygens (including phenoxy) is 1. The van der Waals surface area contributed by atoms with Gasteiger partial charge in [0.25, 0.3) is 0 Å². The quantitative estimate of drug-likeness (QED) is 0.861. The maximum Gasteiger partial charge on any atom is 0.241 e. The molecule has 1 N–H and O–H groups in total. The number of rotatable bonds is 6. The van der Waals surface area contributed by atoms with Crippen LogP contribution in [0, 0.1) is 0 Å². The molecule has 1 aliphatic heterocycles. The Kier molecular flexibility index (Phi) is 6.07. The van der Waals surface area contributed by atoms with Gasteiger partial charge in [0.15, 0.2) is 0 Å². The Morgan fingerprint density at radius 2 is 2.00 bits per heavy atom. The molecule has 6 heteroatoms. The summed E-state index contributed by atoms with van der Waals surface area (Å²) in [5, 5.41) is 7.31. The number of carbonyl (C=O) groups is 1. The van der Waals surface area contributed by atoms with Crippen LogP contribution in [0.3, 0.4) is 0 Å². The molecule has 134 valence electrons. The van der Waals surface area contributed by atoms with Crippen LogP contribution in [0.4, 0.5) is 5.69 Å². The Morgan fingerprint density at radius 1 is 1.24 bits per heavy atom. The van der Waals surface area contributed by atoms with Crippen LogP contribution in [0.5, 0.6) is 5.75 Å². The fourth-order valence-corrected chi connectivity index (χ4v) is 3.76. The van der Waals surface area contributed by atoms with Gasteiger partial charge < -0.3 is 10.1 Å². The van der Waals surface area contributed by atoms with Crippen molar-refractivity contribution in [2.45, 2.75) is 19.5 Å². The molecule has 1 amide bonds. The number of para-hydroxylation sites is 2. The number of amides is 1. The van der Waals surface area contributed by atoms with Crippen molar-refractivity contribution in [1.29, 1.82) is 0 Å². The van der Waals surface area contributed by atoms with Crippen LogP contribution < -0.4 is 10.1 Å². The fourth-order valence-electron chi connectivity index (χ4n) is 3.10. The number of nitrogens with one attached hydrogen (secondary N) is 1. The third-order valence-electron chi connectivity index (χ3n) is 4.69. The van der Waals surface area contributed by atoms with Gasteiger partial charge in [-0.3, -0.25) is 14.6 Å². The number of benzene rings is 1. The Hall–Kier alpha value is -1.89. The number of methoxy groups -OCH3 is 1. The molecule has 25 heavy (non-hydrogen) atoms. The summed E-state index contributed by atoms with van der Waals surface area (Å²) in [6.45, 7) is 6.76. The highest BCUT2D eigenvalue weighted by atomic mass is 32.1. The van der Waals surface area contributed by atoms with Crippen LogP contribution >= 0.6 is 11.3 Å². The molecule has 1 atom stereocenters. The summed E-state index contributed by atoms with van der Waals surface area (Å²) < 4.78 is 5.30. The minimum atomic E-state index is -0.159. The summed E-state index contributed by atoms with van der Waals surface area (Å²) >= 11 is 1.74. The minimum Gasteiger partial charge on any atom is -0.495 e. The van der Waals surface area contributed by atoms with Crippen molar-refractivity contribution in [3.05, 3.63) is 46.7 Å². The van der Waals surface area contributed by atoms with E-state index in [-0.39, 0.29) is 11.9 Å². The van der Waals surface area contributed by atoms with Crippen molar-refractivity contribution < 1.29 is 9.53 Å². The summed E-state index contributed by atoms with van der Waals surface area (Å²) in [6.07, 6.45) is 0. The molecule has 1 saturated heterocycles. The number of carbonyl (C=O) groups excluding carboxylic acids is 1. The molecule has 5 nitrogen and oxygen atoms in total. The summed E-state index contributed by atoms with van der Waals surface area (Å²) in [4.78, 5) is 17.3. The van der Waals surface area contributed by atoms with E-state index in [0.717, 1.165) is 38.4 Å². The van der Waals surface area contributed by atoms with Crippen LogP contribution in [-0.4, -0.2) is 55.0 Å². The predicted molar refractivity (Wildman–Crippen MR) is 102 cm³/mol. The second-order valence-corrected chi connectivity index (χ2v) is 7.09. The van der Waals surface area contributed by atoms with Gasteiger partial charge >= 0.3 is 0 Å².